The van der Waals surface area contributed by atoms with Gasteiger partial charge in [-0.05, 0) is 12.8 Å². The Labute approximate surface area is 103 Å². The summed E-state index contributed by atoms with van der Waals surface area (Å²) in [5, 5.41) is 1.78. The highest BCUT2D eigenvalue weighted by Crippen LogP contribution is 2.08. The standard InChI is InChI=1S/C10H18O5S2/c1-4-16(11,12)8-6-10(15-3)7-9-17(13,14)5-2/h4-5,10H,1-2,6-9H2,3H3. The summed E-state index contributed by atoms with van der Waals surface area (Å²) in [5.74, 6) is -0.188. The third-order valence-electron chi connectivity index (χ3n) is 2.29. The first kappa shape index (κ1) is 16.3. The molecule has 0 saturated carbocycles. The van der Waals surface area contributed by atoms with Gasteiger partial charge in [-0.2, -0.15) is 0 Å². The van der Waals surface area contributed by atoms with Crippen molar-refractivity contribution in [2.45, 2.75) is 18.9 Å². The van der Waals surface area contributed by atoms with E-state index in [1.54, 1.807) is 0 Å². The molecule has 0 aliphatic heterocycles. The lowest BCUT2D eigenvalue weighted by molar-refractivity contribution is 0.0976. The lowest BCUT2D eigenvalue weighted by Gasteiger charge is -2.13. The van der Waals surface area contributed by atoms with E-state index in [2.05, 4.69) is 13.2 Å². The predicted molar refractivity (Wildman–Crippen MR) is 68.0 cm³/mol. The first-order valence-corrected chi connectivity index (χ1v) is 8.42. The second kappa shape index (κ2) is 6.93. The van der Waals surface area contributed by atoms with E-state index in [9.17, 15) is 16.8 Å². The summed E-state index contributed by atoms with van der Waals surface area (Å²) in [6.45, 7) is 6.39. The molecule has 0 aromatic carbocycles. The van der Waals surface area contributed by atoms with Crippen molar-refractivity contribution >= 4 is 19.7 Å². The number of hydrogen-bond acceptors (Lipinski definition) is 5. The topological polar surface area (TPSA) is 77.5 Å². The van der Waals surface area contributed by atoms with Crippen LogP contribution >= 0.6 is 0 Å². The molecule has 100 valence electrons. The molecule has 0 heterocycles. The van der Waals surface area contributed by atoms with Crippen LogP contribution < -0.4 is 0 Å². The quantitative estimate of drug-likeness (QED) is 0.628. The molecule has 7 heteroatoms. The van der Waals surface area contributed by atoms with Gasteiger partial charge in [0, 0.05) is 17.9 Å². The highest BCUT2D eigenvalue weighted by atomic mass is 32.2. The van der Waals surface area contributed by atoms with Crippen molar-refractivity contribution in [1.82, 2.24) is 0 Å². The summed E-state index contributed by atoms with van der Waals surface area (Å²) < 4.78 is 49.7. The Bertz CT molecular complexity index is 405. The molecule has 17 heavy (non-hydrogen) atoms. The summed E-state index contributed by atoms with van der Waals surface area (Å²) in [4.78, 5) is 0. The van der Waals surface area contributed by atoms with Crippen LogP contribution in [0.3, 0.4) is 0 Å². The van der Waals surface area contributed by atoms with E-state index in [0.29, 0.717) is 0 Å². The first-order valence-electron chi connectivity index (χ1n) is 4.99. The maximum atomic E-state index is 11.2. The minimum absolute atomic E-state index is 0.0941. The first-order chi connectivity index (χ1) is 7.76. The fraction of sp³-hybridized carbons (Fsp3) is 0.600. The van der Waals surface area contributed by atoms with Gasteiger partial charge in [0.25, 0.3) is 0 Å². The Morgan fingerprint density at radius 3 is 1.59 bits per heavy atom. The van der Waals surface area contributed by atoms with Crippen molar-refractivity contribution in [3.8, 4) is 0 Å². The average molecular weight is 282 g/mol. The zero-order chi connectivity index (χ0) is 13.5. The molecule has 0 atom stereocenters. The Kier molecular flexibility index (Phi) is 6.66. The fourth-order valence-electron chi connectivity index (χ4n) is 1.14. The van der Waals surface area contributed by atoms with E-state index in [1.165, 1.54) is 7.11 Å². The van der Waals surface area contributed by atoms with Crippen LogP contribution in [0.4, 0.5) is 0 Å². The van der Waals surface area contributed by atoms with E-state index >= 15 is 0 Å². The number of ether oxygens (including phenoxy) is 1. The molecule has 0 fully saturated rings. The Morgan fingerprint density at radius 2 is 1.35 bits per heavy atom. The highest BCUT2D eigenvalue weighted by molar-refractivity contribution is 7.94. The van der Waals surface area contributed by atoms with Gasteiger partial charge in [0.05, 0.1) is 17.6 Å². The van der Waals surface area contributed by atoms with Crippen molar-refractivity contribution in [2.24, 2.45) is 0 Å². The smallest absolute Gasteiger partial charge is 0.171 e. The van der Waals surface area contributed by atoms with E-state index in [1.807, 2.05) is 0 Å². The molecule has 0 unspecified atom stereocenters. The van der Waals surface area contributed by atoms with E-state index in [-0.39, 0.29) is 24.3 Å². The lowest BCUT2D eigenvalue weighted by atomic mass is 10.2. The molecule has 0 bridgehead atoms. The lowest BCUT2D eigenvalue weighted by Crippen LogP contribution is -2.19. The van der Waals surface area contributed by atoms with Crippen molar-refractivity contribution in [2.75, 3.05) is 18.6 Å². The van der Waals surface area contributed by atoms with E-state index in [4.69, 9.17) is 4.74 Å². The summed E-state index contributed by atoms with van der Waals surface area (Å²) in [6, 6.07) is 0. The van der Waals surface area contributed by atoms with Gasteiger partial charge < -0.3 is 4.74 Å². The molecule has 0 rings (SSSR count). The maximum absolute atomic E-state index is 11.2. The SMILES string of the molecule is C=CS(=O)(=O)CCC(CCS(=O)(=O)C=C)OC. The summed E-state index contributed by atoms with van der Waals surface area (Å²) in [6.07, 6.45) is 0.0918. The molecule has 0 saturated heterocycles. The molecule has 5 nitrogen and oxygen atoms in total. The van der Waals surface area contributed by atoms with Gasteiger partial charge >= 0.3 is 0 Å². The second-order valence-corrected chi connectivity index (χ2v) is 7.64. The summed E-state index contributed by atoms with van der Waals surface area (Å²) in [7, 11) is -5.12. The van der Waals surface area contributed by atoms with Gasteiger partial charge in [-0.15, -0.1) is 0 Å². The van der Waals surface area contributed by atoms with Gasteiger partial charge in [-0.1, -0.05) is 13.2 Å². The Balaban J connectivity index is 4.28. The largest absolute Gasteiger partial charge is 0.381 e. The summed E-state index contributed by atoms with van der Waals surface area (Å²) >= 11 is 0. The molecule has 0 amide bonds. The van der Waals surface area contributed by atoms with Gasteiger partial charge in [0.1, 0.15) is 0 Å². The monoisotopic (exact) mass is 282 g/mol. The average Bonchev–Trinajstić information content (AvgIpc) is 2.29. The number of rotatable bonds is 9. The van der Waals surface area contributed by atoms with Gasteiger partial charge in [0.2, 0.25) is 0 Å². The van der Waals surface area contributed by atoms with Crippen LogP contribution in [0.5, 0.6) is 0 Å². The highest BCUT2D eigenvalue weighted by Gasteiger charge is 2.15. The van der Waals surface area contributed by atoms with Crippen LogP contribution in [0.15, 0.2) is 24.0 Å². The number of hydrogen-bond donors (Lipinski definition) is 0. The molecular weight excluding hydrogens is 264 g/mol. The minimum atomic E-state index is -3.27. The van der Waals surface area contributed by atoms with Gasteiger partial charge in [-0.3, -0.25) is 0 Å². The van der Waals surface area contributed by atoms with Crippen LogP contribution in [0, 0.1) is 0 Å². The summed E-state index contributed by atoms with van der Waals surface area (Å²) in [5.41, 5.74) is 0. The van der Waals surface area contributed by atoms with Gasteiger partial charge in [-0.25, -0.2) is 16.8 Å². The molecule has 0 aliphatic carbocycles. The third kappa shape index (κ3) is 7.30. The van der Waals surface area contributed by atoms with Crippen molar-refractivity contribution < 1.29 is 21.6 Å². The minimum Gasteiger partial charge on any atom is -0.381 e. The van der Waals surface area contributed by atoms with E-state index < -0.39 is 25.8 Å². The van der Waals surface area contributed by atoms with Crippen LogP contribution in [-0.2, 0) is 24.4 Å². The zero-order valence-electron chi connectivity index (χ0n) is 9.83. The van der Waals surface area contributed by atoms with Crippen molar-refractivity contribution in [3.63, 3.8) is 0 Å². The third-order valence-corrected chi connectivity index (χ3v) is 4.92. The van der Waals surface area contributed by atoms with Crippen LogP contribution in [-0.4, -0.2) is 41.6 Å². The second-order valence-electron chi connectivity index (χ2n) is 3.50. The molecule has 0 aliphatic rings. The zero-order valence-corrected chi connectivity index (χ0v) is 11.5. The molecule has 0 radical (unpaired) electrons. The Hall–Kier alpha value is -0.660. The molecule has 0 N–H and O–H groups in total. The van der Waals surface area contributed by atoms with Crippen molar-refractivity contribution in [3.05, 3.63) is 24.0 Å². The van der Waals surface area contributed by atoms with Gasteiger partial charge in [0.15, 0.2) is 19.7 Å². The van der Waals surface area contributed by atoms with Crippen LogP contribution in [0.2, 0.25) is 0 Å². The number of methoxy groups -OCH3 is 1. The molecular formula is C10H18O5S2. The van der Waals surface area contributed by atoms with E-state index in [0.717, 1.165) is 10.8 Å². The molecule has 0 aromatic heterocycles. The predicted octanol–water partition coefficient (Wildman–Crippen LogP) is 0.898. The molecule has 0 aromatic rings. The fourth-order valence-corrected chi connectivity index (χ4v) is 2.65. The maximum Gasteiger partial charge on any atom is 0.171 e. The Morgan fingerprint density at radius 1 is 1.00 bits per heavy atom. The number of sulfone groups is 2. The molecule has 0 spiro atoms. The van der Waals surface area contributed by atoms with Crippen LogP contribution in [0.1, 0.15) is 12.8 Å². The van der Waals surface area contributed by atoms with Crippen LogP contribution in [0.25, 0.3) is 0 Å². The normalized spacial score (nSPS) is 12.6. The van der Waals surface area contributed by atoms with Crippen molar-refractivity contribution in [1.29, 1.82) is 0 Å².